The van der Waals surface area contributed by atoms with Crippen LogP contribution in [0.1, 0.15) is 19.8 Å². The van der Waals surface area contributed by atoms with Gasteiger partial charge in [-0.15, -0.1) is 0 Å². The predicted molar refractivity (Wildman–Crippen MR) is 65.8 cm³/mol. The number of aromatic nitrogens is 2. The van der Waals surface area contributed by atoms with E-state index in [1.807, 2.05) is 24.3 Å². The molecule has 0 amide bonds. The molecule has 84 valence electrons. The lowest BCUT2D eigenvalue weighted by Crippen LogP contribution is -2.31. The number of aryl methyl sites for hydroxylation is 1. The van der Waals surface area contributed by atoms with Gasteiger partial charge in [0.05, 0.1) is 0 Å². The van der Waals surface area contributed by atoms with Crippen molar-refractivity contribution in [1.82, 2.24) is 4.98 Å². The van der Waals surface area contributed by atoms with Crippen molar-refractivity contribution in [3.05, 3.63) is 61.2 Å². The lowest BCUT2D eigenvalue weighted by Gasteiger charge is -1.91. The molecular formula is C14H19N2+. The van der Waals surface area contributed by atoms with Gasteiger partial charge in [-0.3, -0.25) is 4.98 Å². The van der Waals surface area contributed by atoms with Crippen LogP contribution in [-0.4, -0.2) is 4.98 Å². The van der Waals surface area contributed by atoms with E-state index in [1.54, 1.807) is 12.4 Å². The van der Waals surface area contributed by atoms with Gasteiger partial charge in [-0.2, -0.15) is 0 Å². The van der Waals surface area contributed by atoms with Crippen LogP contribution in [0.15, 0.2) is 61.2 Å². The fourth-order valence-corrected chi connectivity index (χ4v) is 1.24. The van der Waals surface area contributed by atoms with Crippen LogP contribution in [0.25, 0.3) is 0 Å². The lowest BCUT2D eigenvalue weighted by atomic mass is 10.3. The molecule has 0 N–H and O–H groups in total. The second-order valence-electron chi connectivity index (χ2n) is 3.49. The van der Waals surface area contributed by atoms with Gasteiger partial charge in [0.25, 0.3) is 0 Å². The Balaban J connectivity index is 0.000000181. The van der Waals surface area contributed by atoms with Crippen molar-refractivity contribution in [1.29, 1.82) is 0 Å². The molecule has 2 rings (SSSR count). The van der Waals surface area contributed by atoms with E-state index in [4.69, 9.17) is 0 Å². The Kier molecular flexibility index (Phi) is 6.65. The molecule has 0 fully saturated rings. The molecule has 0 unspecified atom stereocenters. The summed E-state index contributed by atoms with van der Waals surface area (Å²) in [5, 5.41) is 0. The lowest BCUT2D eigenvalue weighted by molar-refractivity contribution is -0.697. The van der Waals surface area contributed by atoms with E-state index in [0.717, 1.165) is 6.54 Å². The van der Waals surface area contributed by atoms with Crippen LogP contribution in [0.5, 0.6) is 0 Å². The van der Waals surface area contributed by atoms with E-state index in [0.29, 0.717) is 0 Å². The molecule has 0 spiro atoms. The molecule has 0 radical (unpaired) electrons. The van der Waals surface area contributed by atoms with Gasteiger partial charge in [-0.25, -0.2) is 4.57 Å². The summed E-state index contributed by atoms with van der Waals surface area (Å²) >= 11 is 0. The van der Waals surface area contributed by atoms with Crippen LogP contribution in [0, 0.1) is 0 Å². The average Bonchev–Trinajstić information content (AvgIpc) is 2.40. The Morgan fingerprint density at radius 1 is 0.875 bits per heavy atom. The Bertz CT molecular complexity index is 319. The Morgan fingerprint density at radius 3 is 1.94 bits per heavy atom. The van der Waals surface area contributed by atoms with Crippen molar-refractivity contribution in [3.8, 4) is 0 Å². The minimum atomic E-state index is 1.15. The summed E-state index contributed by atoms with van der Waals surface area (Å²) in [4.78, 5) is 3.78. The molecule has 16 heavy (non-hydrogen) atoms. The highest BCUT2D eigenvalue weighted by Crippen LogP contribution is 1.85. The molecule has 2 nitrogen and oxygen atoms in total. The van der Waals surface area contributed by atoms with Gasteiger partial charge in [-0.05, 0) is 12.1 Å². The van der Waals surface area contributed by atoms with Gasteiger partial charge in [0, 0.05) is 30.9 Å². The molecule has 2 aromatic heterocycles. The van der Waals surface area contributed by atoms with Gasteiger partial charge in [0.2, 0.25) is 0 Å². The van der Waals surface area contributed by atoms with E-state index < -0.39 is 0 Å². The molecular weight excluding hydrogens is 196 g/mol. The first-order chi connectivity index (χ1) is 7.93. The van der Waals surface area contributed by atoms with Crippen molar-refractivity contribution in [2.24, 2.45) is 0 Å². The quantitative estimate of drug-likeness (QED) is 0.719. The maximum absolute atomic E-state index is 3.78. The molecule has 0 atom stereocenters. The average molecular weight is 215 g/mol. The second-order valence-corrected chi connectivity index (χ2v) is 3.49. The fraction of sp³-hybridized carbons (Fsp3) is 0.286. The Hall–Kier alpha value is -1.70. The highest BCUT2D eigenvalue weighted by molar-refractivity contribution is 4.88. The Labute approximate surface area is 97.6 Å². The van der Waals surface area contributed by atoms with E-state index >= 15 is 0 Å². The maximum atomic E-state index is 3.78. The molecule has 0 saturated heterocycles. The summed E-state index contributed by atoms with van der Waals surface area (Å²) in [7, 11) is 0. The van der Waals surface area contributed by atoms with Crippen molar-refractivity contribution < 1.29 is 4.57 Å². The summed E-state index contributed by atoms with van der Waals surface area (Å²) in [6.45, 7) is 3.36. The first-order valence-electron chi connectivity index (χ1n) is 5.72. The zero-order valence-electron chi connectivity index (χ0n) is 9.79. The highest BCUT2D eigenvalue weighted by atomic mass is 14.9. The van der Waals surface area contributed by atoms with Gasteiger partial charge in [0.1, 0.15) is 6.54 Å². The smallest absolute Gasteiger partial charge is 0.168 e. The van der Waals surface area contributed by atoms with Crippen LogP contribution in [0.2, 0.25) is 0 Å². The zero-order valence-corrected chi connectivity index (χ0v) is 9.79. The van der Waals surface area contributed by atoms with Gasteiger partial charge in [0.15, 0.2) is 12.4 Å². The van der Waals surface area contributed by atoms with Gasteiger partial charge >= 0.3 is 0 Å². The summed E-state index contributed by atoms with van der Waals surface area (Å²) in [6.07, 6.45) is 10.3. The predicted octanol–water partition coefficient (Wildman–Crippen LogP) is 2.86. The molecule has 0 aliphatic heterocycles. The van der Waals surface area contributed by atoms with Crippen molar-refractivity contribution >= 4 is 0 Å². The monoisotopic (exact) mass is 215 g/mol. The number of hydrogen-bond donors (Lipinski definition) is 0. The van der Waals surface area contributed by atoms with Crippen LogP contribution < -0.4 is 4.57 Å². The molecule has 2 aromatic rings. The number of hydrogen-bond acceptors (Lipinski definition) is 1. The molecule has 2 heterocycles. The number of pyridine rings is 2. The Morgan fingerprint density at radius 2 is 1.50 bits per heavy atom. The van der Waals surface area contributed by atoms with Crippen molar-refractivity contribution in [2.45, 2.75) is 26.3 Å². The molecule has 0 aliphatic carbocycles. The van der Waals surface area contributed by atoms with Crippen LogP contribution in [-0.2, 0) is 6.54 Å². The zero-order chi connectivity index (χ0) is 11.5. The molecule has 0 saturated carbocycles. The fourth-order valence-electron chi connectivity index (χ4n) is 1.24. The van der Waals surface area contributed by atoms with E-state index in [2.05, 4.69) is 41.0 Å². The first-order valence-corrected chi connectivity index (χ1v) is 5.72. The minimum absolute atomic E-state index is 1.15. The third-order valence-electron chi connectivity index (χ3n) is 2.11. The first kappa shape index (κ1) is 12.4. The third kappa shape index (κ3) is 5.91. The van der Waals surface area contributed by atoms with Crippen LogP contribution in [0.4, 0.5) is 0 Å². The van der Waals surface area contributed by atoms with Gasteiger partial charge < -0.3 is 0 Å². The number of nitrogens with zero attached hydrogens (tertiary/aromatic N) is 2. The van der Waals surface area contributed by atoms with Crippen molar-refractivity contribution in [3.63, 3.8) is 0 Å². The van der Waals surface area contributed by atoms with E-state index in [9.17, 15) is 0 Å². The highest BCUT2D eigenvalue weighted by Gasteiger charge is 1.93. The largest absolute Gasteiger partial charge is 0.265 e. The summed E-state index contributed by atoms with van der Waals surface area (Å²) < 4.78 is 2.21. The third-order valence-corrected chi connectivity index (χ3v) is 2.11. The summed E-state index contributed by atoms with van der Waals surface area (Å²) in [5.41, 5.74) is 0. The molecule has 0 bridgehead atoms. The maximum Gasteiger partial charge on any atom is 0.168 e. The minimum Gasteiger partial charge on any atom is -0.265 e. The van der Waals surface area contributed by atoms with E-state index in [-0.39, 0.29) is 0 Å². The topological polar surface area (TPSA) is 16.8 Å². The SMILES string of the molecule is CCCC[n+]1ccccc1.c1ccncc1. The van der Waals surface area contributed by atoms with Crippen LogP contribution in [0.3, 0.4) is 0 Å². The van der Waals surface area contributed by atoms with Crippen molar-refractivity contribution in [2.75, 3.05) is 0 Å². The van der Waals surface area contributed by atoms with E-state index in [1.165, 1.54) is 12.8 Å². The second kappa shape index (κ2) is 8.60. The molecule has 2 heteroatoms. The molecule has 0 aliphatic rings. The summed E-state index contributed by atoms with van der Waals surface area (Å²) in [5.74, 6) is 0. The normalized spacial score (nSPS) is 9.06. The van der Waals surface area contributed by atoms with Gasteiger partial charge in [-0.1, -0.05) is 25.5 Å². The molecule has 0 aromatic carbocycles. The summed E-state index contributed by atoms with van der Waals surface area (Å²) in [6, 6.07) is 11.9. The van der Waals surface area contributed by atoms with Crippen LogP contribution >= 0.6 is 0 Å². The standard InChI is InChI=1S/C9H14N.C5H5N/c1-2-3-7-10-8-5-4-6-9-10;1-2-4-6-5-3-1/h4-6,8-9H,2-3,7H2,1H3;1-5H/q+1;. The number of rotatable bonds is 3. The number of unbranched alkanes of at least 4 members (excludes halogenated alkanes) is 1.